The number of para-hydroxylation sites is 1. The number of hydrogen-bond donors (Lipinski definition) is 1. The topological polar surface area (TPSA) is 79.4 Å². The number of halogens is 2. The Morgan fingerprint density at radius 2 is 1.92 bits per heavy atom. The first-order chi connectivity index (χ1) is 12.4. The average Bonchev–Trinajstić information content (AvgIpc) is 3.10. The molecule has 1 aliphatic rings. The fraction of sp³-hybridized carbons (Fsp3) is 0.294. The van der Waals surface area contributed by atoms with Crippen LogP contribution < -0.4 is 5.32 Å². The predicted octanol–water partition coefficient (Wildman–Crippen LogP) is 2.40. The van der Waals surface area contributed by atoms with Gasteiger partial charge in [-0.2, -0.15) is 8.78 Å². The van der Waals surface area contributed by atoms with Crippen molar-refractivity contribution in [2.24, 2.45) is 0 Å². The van der Waals surface area contributed by atoms with Gasteiger partial charge in [-0.3, -0.25) is 9.78 Å². The van der Waals surface area contributed by atoms with Crippen molar-refractivity contribution in [1.29, 1.82) is 0 Å². The van der Waals surface area contributed by atoms with E-state index in [1.54, 1.807) is 29.2 Å². The van der Waals surface area contributed by atoms with Crippen LogP contribution in [0.3, 0.4) is 0 Å². The third-order valence-electron chi connectivity index (χ3n) is 4.15. The molecule has 138 valence electrons. The minimum Gasteiger partial charge on any atom is -0.379 e. The molecular formula is C17H17F2N3O3S. The summed E-state index contributed by atoms with van der Waals surface area (Å²) in [5.74, 6) is -3.71. The largest absolute Gasteiger partial charge is 0.379 e. The maximum atomic E-state index is 12.9. The summed E-state index contributed by atoms with van der Waals surface area (Å²) < 4.78 is 49.4. The molecule has 0 saturated carbocycles. The van der Waals surface area contributed by atoms with Crippen LogP contribution in [0, 0.1) is 0 Å². The lowest BCUT2D eigenvalue weighted by atomic mass is 10.2. The maximum absolute atomic E-state index is 12.9. The Labute approximate surface area is 149 Å². The van der Waals surface area contributed by atoms with Gasteiger partial charge in [-0.1, -0.05) is 18.2 Å². The molecule has 2 heterocycles. The van der Waals surface area contributed by atoms with Crippen molar-refractivity contribution in [3.63, 3.8) is 0 Å². The van der Waals surface area contributed by atoms with Crippen LogP contribution in [-0.2, 0) is 9.84 Å². The highest BCUT2D eigenvalue weighted by Crippen LogP contribution is 2.28. The van der Waals surface area contributed by atoms with E-state index in [-0.39, 0.29) is 17.6 Å². The predicted molar refractivity (Wildman–Crippen MR) is 91.8 cm³/mol. The van der Waals surface area contributed by atoms with Crippen molar-refractivity contribution in [1.82, 2.24) is 9.88 Å². The van der Waals surface area contributed by atoms with Crippen molar-refractivity contribution < 1.29 is 22.0 Å². The first-order valence-corrected chi connectivity index (χ1v) is 9.52. The highest BCUT2D eigenvalue weighted by Gasteiger charge is 2.32. The summed E-state index contributed by atoms with van der Waals surface area (Å²) >= 11 is 0. The second-order valence-corrected chi connectivity index (χ2v) is 7.78. The van der Waals surface area contributed by atoms with E-state index in [0.717, 1.165) is 6.07 Å². The van der Waals surface area contributed by atoms with Crippen molar-refractivity contribution in [3.8, 4) is 0 Å². The minimum atomic E-state index is -4.71. The normalized spacial score (nSPS) is 17.5. The highest BCUT2D eigenvalue weighted by atomic mass is 32.2. The van der Waals surface area contributed by atoms with Gasteiger partial charge in [0.2, 0.25) is 9.84 Å². The first kappa shape index (κ1) is 18.2. The number of likely N-dealkylation sites (tertiary alicyclic amines) is 1. The molecule has 1 N–H and O–H groups in total. The molecule has 3 rings (SSSR count). The second kappa shape index (κ2) is 7.36. The van der Waals surface area contributed by atoms with Crippen molar-refractivity contribution in [3.05, 3.63) is 54.4 Å². The minimum absolute atomic E-state index is 0.116. The third kappa shape index (κ3) is 3.67. The molecule has 1 aliphatic heterocycles. The second-order valence-electron chi connectivity index (χ2n) is 5.90. The molecule has 2 aromatic rings. The summed E-state index contributed by atoms with van der Waals surface area (Å²) in [6.07, 6.45) is 2.10. The van der Waals surface area contributed by atoms with E-state index >= 15 is 0 Å². The Morgan fingerprint density at radius 3 is 2.62 bits per heavy atom. The van der Waals surface area contributed by atoms with Gasteiger partial charge in [-0.15, -0.1) is 0 Å². The van der Waals surface area contributed by atoms with Crippen LogP contribution in [0.15, 0.2) is 53.6 Å². The van der Waals surface area contributed by atoms with Crippen LogP contribution in [-0.4, -0.2) is 49.1 Å². The molecule has 0 spiro atoms. The molecule has 1 aromatic carbocycles. The number of sulfone groups is 1. The van der Waals surface area contributed by atoms with Gasteiger partial charge in [0.15, 0.2) is 0 Å². The van der Waals surface area contributed by atoms with E-state index in [4.69, 9.17) is 0 Å². The molecule has 0 radical (unpaired) electrons. The zero-order valence-corrected chi connectivity index (χ0v) is 14.5. The number of carbonyl (C=O) groups is 1. The number of benzene rings is 1. The van der Waals surface area contributed by atoms with Crippen molar-refractivity contribution in [2.45, 2.75) is 23.1 Å². The van der Waals surface area contributed by atoms with E-state index in [1.165, 1.54) is 18.3 Å². The van der Waals surface area contributed by atoms with Gasteiger partial charge < -0.3 is 10.2 Å². The lowest BCUT2D eigenvalue weighted by molar-refractivity contribution is 0.0786. The van der Waals surface area contributed by atoms with Gasteiger partial charge in [-0.25, -0.2) is 8.42 Å². The molecule has 1 fully saturated rings. The van der Waals surface area contributed by atoms with E-state index in [1.807, 2.05) is 0 Å². The number of alkyl halides is 2. The molecule has 0 aliphatic carbocycles. The Morgan fingerprint density at radius 1 is 1.19 bits per heavy atom. The summed E-state index contributed by atoms with van der Waals surface area (Å²) in [6.45, 7) is 0.801. The monoisotopic (exact) mass is 381 g/mol. The molecule has 1 saturated heterocycles. The zero-order valence-electron chi connectivity index (χ0n) is 13.7. The van der Waals surface area contributed by atoms with E-state index < -0.39 is 20.5 Å². The lowest BCUT2D eigenvalue weighted by Crippen LogP contribution is -2.32. The number of pyridine rings is 1. The summed E-state index contributed by atoms with van der Waals surface area (Å²) in [5, 5.41) is 2.98. The molecule has 6 nitrogen and oxygen atoms in total. The zero-order chi connectivity index (χ0) is 18.7. The number of anilines is 1. The van der Waals surface area contributed by atoms with Crippen molar-refractivity contribution in [2.75, 3.05) is 18.4 Å². The summed E-state index contributed by atoms with van der Waals surface area (Å²) in [4.78, 5) is 17.6. The standard InChI is InChI=1S/C17H17F2N3O3S/c18-17(19)26(24,25)15-7-2-1-5-13(15)21-12-8-10-22(11-12)16(23)14-6-3-4-9-20-14/h1-7,9,12,17,21H,8,10-11H2. The van der Waals surface area contributed by atoms with E-state index in [9.17, 15) is 22.0 Å². The van der Waals surface area contributed by atoms with E-state index in [2.05, 4.69) is 10.3 Å². The molecular weight excluding hydrogens is 364 g/mol. The summed E-state index contributed by atoms with van der Waals surface area (Å²) in [5.41, 5.74) is 0.443. The van der Waals surface area contributed by atoms with Gasteiger partial charge in [0, 0.05) is 25.3 Å². The lowest BCUT2D eigenvalue weighted by Gasteiger charge is -2.19. The molecule has 1 atom stereocenters. The van der Waals surface area contributed by atoms with Gasteiger partial charge >= 0.3 is 5.76 Å². The van der Waals surface area contributed by atoms with Crippen LogP contribution in [0.25, 0.3) is 0 Å². The molecule has 0 bridgehead atoms. The number of rotatable bonds is 5. The quantitative estimate of drug-likeness (QED) is 0.860. The SMILES string of the molecule is O=C(c1ccccn1)N1CCC(Nc2ccccc2S(=O)(=O)C(F)F)C1. The fourth-order valence-electron chi connectivity index (χ4n) is 2.86. The Balaban J connectivity index is 1.73. The number of aromatic nitrogens is 1. The van der Waals surface area contributed by atoms with Gasteiger partial charge in [0.05, 0.1) is 10.6 Å². The van der Waals surface area contributed by atoms with Crippen LogP contribution in [0.2, 0.25) is 0 Å². The fourth-order valence-corrected chi connectivity index (χ4v) is 3.76. The highest BCUT2D eigenvalue weighted by molar-refractivity contribution is 7.91. The molecule has 1 amide bonds. The number of amides is 1. The Bertz CT molecular complexity index is 891. The van der Waals surface area contributed by atoms with E-state index in [0.29, 0.717) is 25.2 Å². The molecule has 26 heavy (non-hydrogen) atoms. The third-order valence-corrected chi connectivity index (χ3v) is 5.59. The van der Waals surface area contributed by atoms with Crippen molar-refractivity contribution >= 4 is 21.4 Å². The molecule has 1 unspecified atom stereocenters. The van der Waals surface area contributed by atoms with Crippen LogP contribution in [0.1, 0.15) is 16.9 Å². The number of hydrogen-bond acceptors (Lipinski definition) is 5. The summed E-state index contributed by atoms with van der Waals surface area (Å²) in [6, 6.07) is 10.4. The maximum Gasteiger partial charge on any atom is 0.341 e. The number of nitrogens with one attached hydrogen (secondary N) is 1. The smallest absolute Gasteiger partial charge is 0.341 e. The van der Waals surface area contributed by atoms with Crippen LogP contribution >= 0.6 is 0 Å². The molecule has 9 heteroatoms. The Hall–Kier alpha value is -2.55. The average molecular weight is 381 g/mol. The van der Waals surface area contributed by atoms with Gasteiger partial charge in [0.1, 0.15) is 5.69 Å². The number of nitrogens with zero attached hydrogens (tertiary/aromatic N) is 2. The van der Waals surface area contributed by atoms with Crippen LogP contribution in [0.5, 0.6) is 0 Å². The first-order valence-electron chi connectivity index (χ1n) is 7.97. The number of carbonyl (C=O) groups excluding carboxylic acids is 1. The van der Waals surface area contributed by atoms with Gasteiger partial charge in [-0.05, 0) is 30.7 Å². The Kier molecular flexibility index (Phi) is 5.17. The molecule has 1 aromatic heterocycles. The van der Waals surface area contributed by atoms with Gasteiger partial charge in [0.25, 0.3) is 5.91 Å². The van der Waals surface area contributed by atoms with Crippen LogP contribution in [0.4, 0.5) is 14.5 Å². The summed E-state index contributed by atoms with van der Waals surface area (Å²) in [7, 11) is -4.71.